The third kappa shape index (κ3) is 4.63. The SMILES string of the molecule is COC(=O)c1ccc(OCc2cccnc2)cc1OS(=O)(=O)C(F)(F)F. The van der Waals surface area contributed by atoms with E-state index < -0.39 is 32.9 Å². The first-order chi connectivity index (χ1) is 12.1. The Bertz CT molecular complexity index is 884. The van der Waals surface area contributed by atoms with Crippen molar-refractivity contribution in [2.75, 3.05) is 7.11 Å². The zero-order valence-electron chi connectivity index (χ0n) is 13.2. The van der Waals surface area contributed by atoms with Gasteiger partial charge in [0.2, 0.25) is 0 Å². The molecular weight excluding hydrogens is 379 g/mol. The fourth-order valence-electron chi connectivity index (χ4n) is 1.76. The number of halogens is 3. The molecule has 0 bridgehead atoms. The predicted molar refractivity (Wildman–Crippen MR) is 82.0 cm³/mol. The molecule has 2 rings (SSSR count). The van der Waals surface area contributed by atoms with Gasteiger partial charge in [0.1, 0.15) is 17.9 Å². The van der Waals surface area contributed by atoms with E-state index in [-0.39, 0.29) is 12.4 Å². The maximum atomic E-state index is 12.5. The van der Waals surface area contributed by atoms with E-state index in [0.717, 1.165) is 19.2 Å². The van der Waals surface area contributed by atoms with Crippen LogP contribution in [0.2, 0.25) is 0 Å². The molecule has 0 aliphatic heterocycles. The summed E-state index contributed by atoms with van der Waals surface area (Å²) in [5.74, 6) is -1.96. The number of carbonyl (C=O) groups excluding carboxylic acids is 1. The molecule has 0 spiro atoms. The number of alkyl halides is 3. The van der Waals surface area contributed by atoms with Crippen LogP contribution in [0.3, 0.4) is 0 Å². The van der Waals surface area contributed by atoms with E-state index in [4.69, 9.17) is 4.74 Å². The zero-order valence-corrected chi connectivity index (χ0v) is 14.0. The Balaban J connectivity index is 2.32. The number of nitrogens with zero attached hydrogens (tertiary/aromatic N) is 1. The molecule has 0 radical (unpaired) electrons. The van der Waals surface area contributed by atoms with Crippen molar-refractivity contribution in [1.82, 2.24) is 4.98 Å². The van der Waals surface area contributed by atoms with Crippen LogP contribution in [-0.4, -0.2) is 32.0 Å². The number of hydrogen-bond donors (Lipinski definition) is 0. The highest BCUT2D eigenvalue weighted by Crippen LogP contribution is 2.32. The summed E-state index contributed by atoms with van der Waals surface area (Å²) in [6.45, 7) is 0.0108. The number of rotatable bonds is 6. The highest BCUT2D eigenvalue weighted by molar-refractivity contribution is 7.88. The number of pyridine rings is 1. The number of ether oxygens (including phenoxy) is 2. The molecule has 0 saturated carbocycles. The van der Waals surface area contributed by atoms with Crippen molar-refractivity contribution < 1.29 is 40.0 Å². The maximum absolute atomic E-state index is 12.5. The van der Waals surface area contributed by atoms with Crippen molar-refractivity contribution in [1.29, 1.82) is 0 Å². The Morgan fingerprint density at radius 1 is 1.23 bits per heavy atom. The molecule has 0 fully saturated rings. The summed E-state index contributed by atoms with van der Waals surface area (Å²) in [5, 5.41) is 0. The minimum atomic E-state index is -5.97. The van der Waals surface area contributed by atoms with Crippen molar-refractivity contribution in [3.63, 3.8) is 0 Å². The smallest absolute Gasteiger partial charge is 0.489 e. The van der Waals surface area contributed by atoms with Crippen molar-refractivity contribution in [2.24, 2.45) is 0 Å². The van der Waals surface area contributed by atoms with Crippen LogP contribution < -0.4 is 8.92 Å². The Kier molecular flexibility index (Phi) is 5.70. The fraction of sp³-hybridized carbons (Fsp3) is 0.200. The van der Waals surface area contributed by atoms with Gasteiger partial charge < -0.3 is 13.7 Å². The minimum absolute atomic E-state index is 0.0108. The second-order valence-electron chi connectivity index (χ2n) is 4.78. The van der Waals surface area contributed by atoms with Crippen molar-refractivity contribution in [3.8, 4) is 11.5 Å². The van der Waals surface area contributed by atoms with Gasteiger partial charge in [0.25, 0.3) is 0 Å². The third-order valence-corrected chi connectivity index (χ3v) is 3.94. The topological polar surface area (TPSA) is 91.8 Å². The van der Waals surface area contributed by atoms with Crippen LogP contribution in [0.25, 0.3) is 0 Å². The Morgan fingerprint density at radius 2 is 1.96 bits per heavy atom. The van der Waals surface area contributed by atoms with E-state index >= 15 is 0 Å². The summed E-state index contributed by atoms with van der Waals surface area (Å²) < 4.78 is 73.9. The summed E-state index contributed by atoms with van der Waals surface area (Å²) in [4.78, 5) is 15.5. The Hall–Kier alpha value is -2.82. The molecule has 0 saturated heterocycles. The van der Waals surface area contributed by atoms with Crippen LogP contribution in [0.5, 0.6) is 11.5 Å². The van der Waals surface area contributed by atoms with Gasteiger partial charge in [-0.15, -0.1) is 0 Å². The molecule has 26 heavy (non-hydrogen) atoms. The molecular formula is C15H12F3NO6S. The van der Waals surface area contributed by atoms with Crippen molar-refractivity contribution >= 4 is 16.1 Å². The number of esters is 1. The van der Waals surface area contributed by atoms with E-state index in [1.54, 1.807) is 18.3 Å². The summed E-state index contributed by atoms with van der Waals surface area (Å²) in [7, 11) is -4.99. The highest BCUT2D eigenvalue weighted by atomic mass is 32.2. The van der Waals surface area contributed by atoms with Crippen LogP contribution in [0.4, 0.5) is 13.2 Å². The Morgan fingerprint density at radius 3 is 2.54 bits per heavy atom. The zero-order chi connectivity index (χ0) is 19.4. The van der Waals surface area contributed by atoms with E-state index in [2.05, 4.69) is 13.9 Å². The molecule has 0 amide bonds. The lowest BCUT2D eigenvalue weighted by atomic mass is 10.2. The Labute approximate surface area is 146 Å². The molecule has 11 heteroatoms. The number of aromatic nitrogens is 1. The molecule has 0 N–H and O–H groups in total. The predicted octanol–water partition coefficient (Wildman–Crippen LogP) is 2.68. The second kappa shape index (κ2) is 7.60. The van der Waals surface area contributed by atoms with Gasteiger partial charge in [-0.25, -0.2) is 4.79 Å². The van der Waals surface area contributed by atoms with Crippen molar-refractivity contribution in [2.45, 2.75) is 12.1 Å². The lowest BCUT2D eigenvalue weighted by Gasteiger charge is -2.14. The molecule has 7 nitrogen and oxygen atoms in total. The first-order valence-electron chi connectivity index (χ1n) is 6.89. The fourth-order valence-corrected chi connectivity index (χ4v) is 2.22. The number of carbonyl (C=O) groups is 1. The lowest BCUT2D eigenvalue weighted by Crippen LogP contribution is -2.28. The van der Waals surface area contributed by atoms with Gasteiger partial charge in [-0.05, 0) is 18.2 Å². The standard InChI is InChI=1S/C15H12F3NO6S/c1-23-14(20)12-5-4-11(24-9-10-3-2-6-19-8-10)7-13(12)25-26(21,22)15(16,17)18/h2-8H,9H2,1H3. The molecule has 1 aromatic carbocycles. The van der Waals surface area contributed by atoms with E-state index in [0.29, 0.717) is 5.56 Å². The number of benzene rings is 1. The van der Waals surface area contributed by atoms with Gasteiger partial charge in [0, 0.05) is 24.0 Å². The average molecular weight is 391 g/mol. The summed E-state index contributed by atoms with van der Waals surface area (Å²) in [6.07, 6.45) is 3.05. The molecule has 1 aromatic heterocycles. The van der Waals surface area contributed by atoms with Crippen LogP contribution >= 0.6 is 0 Å². The monoisotopic (exact) mass is 391 g/mol. The summed E-state index contributed by atoms with van der Waals surface area (Å²) in [6, 6.07) is 6.50. The molecule has 140 valence electrons. The van der Waals surface area contributed by atoms with E-state index in [1.807, 2.05) is 0 Å². The quantitative estimate of drug-likeness (QED) is 0.425. The van der Waals surface area contributed by atoms with Gasteiger partial charge >= 0.3 is 21.6 Å². The molecule has 0 aliphatic carbocycles. The minimum Gasteiger partial charge on any atom is -0.489 e. The van der Waals surface area contributed by atoms with Crippen molar-refractivity contribution in [3.05, 3.63) is 53.9 Å². The molecule has 0 aliphatic rings. The van der Waals surface area contributed by atoms with Crippen LogP contribution in [0, 0.1) is 0 Å². The van der Waals surface area contributed by atoms with Gasteiger partial charge in [0.05, 0.1) is 7.11 Å². The van der Waals surface area contributed by atoms with Gasteiger partial charge in [-0.3, -0.25) is 4.98 Å². The van der Waals surface area contributed by atoms with Crippen LogP contribution in [0.1, 0.15) is 15.9 Å². The molecule has 1 heterocycles. The normalized spacial score (nSPS) is 11.7. The first-order valence-corrected chi connectivity index (χ1v) is 8.29. The van der Waals surface area contributed by atoms with E-state index in [9.17, 15) is 26.4 Å². The van der Waals surface area contributed by atoms with Gasteiger partial charge in [-0.1, -0.05) is 6.07 Å². The maximum Gasteiger partial charge on any atom is 0.534 e. The molecule has 0 atom stereocenters. The second-order valence-corrected chi connectivity index (χ2v) is 6.32. The highest BCUT2D eigenvalue weighted by Gasteiger charge is 2.49. The average Bonchev–Trinajstić information content (AvgIpc) is 2.59. The first kappa shape index (κ1) is 19.5. The van der Waals surface area contributed by atoms with Crippen LogP contribution in [-0.2, 0) is 21.5 Å². The summed E-state index contributed by atoms with van der Waals surface area (Å²) >= 11 is 0. The number of hydrogen-bond acceptors (Lipinski definition) is 7. The van der Waals surface area contributed by atoms with Crippen LogP contribution in [0.15, 0.2) is 42.7 Å². The lowest BCUT2D eigenvalue weighted by molar-refractivity contribution is -0.0500. The van der Waals surface area contributed by atoms with Gasteiger partial charge in [0.15, 0.2) is 5.75 Å². The van der Waals surface area contributed by atoms with Gasteiger partial charge in [-0.2, -0.15) is 21.6 Å². The summed E-state index contributed by atoms with van der Waals surface area (Å²) in [5.41, 5.74) is -5.50. The largest absolute Gasteiger partial charge is 0.534 e. The molecule has 0 unspecified atom stereocenters. The third-order valence-electron chi connectivity index (χ3n) is 2.97. The van der Waals surface area contributed by atoms with E-state index in [1.165, 1.54) is 12.3 Å². The number of methoxy groups -OCH3 is 1. The molecule has 2 aromatic rings.